The van der Waals surface area contributed by atoms with Gasteiger partial charge < -0.3 is 10.3 Å². The molecule has 0 spiro atoms. The highest BCUT2D eigenvalue weighted by Crippen LogP contribution is 2.60. The van der Waals surface area contributed by atoms with Crippen molar-refractivity contribution in [1.82, 2.24) is 15.3 Å². The van der Waals surface area contributed by atoms with Gasteiger partial charge in [-0.25, -0.2) is 4.98 Å². The van der Waals surface area contributed by atoms with Crippen molar-refractivity contribution in [1.29, 1.82) is 0 Å². The fraction of sp³-hybridized carbons (Fsp3) is 0.579. The molecule has 4 bridgehead atoms. The largest absolute Gasteiger partial charge is 0.348 e. The number of nitrogens with zero attached hydrogens (tertiary/aromatic N) is 1. The number of H-pyrrole nitrogens is 1. The molecule has 4 aliphatic carbocycles. The molecule has 4 saturated carbocycles. The Morgan fingerprint density at radius 1 is 1.13 bits per heavy atom. The van der Waals surface area contributed by atoms with Crippen molar-refractivity contribution >= 4 is 16.9 Å². The lowest BCUT2D eigenvalue weighted by Crippen LogP contribution is -2.53. The number of carbonyl (C=O) groups excluding carboxylic acids is 1. The molecule has 2 N–H and O–H groups in total. The molecular weight excluding hydrogens is 286 g/mol. The lowest BCUT2D eigenvalue weighted by molar-refractivity contribution is -0.146. The van der Waals surface area contributed by atoms with E-state index in [0.29, 0.717) is 6.54 Å². The lowest BCUT2D eigenvalue weighted by atomic mass is 9.49. The first-order valence-electron chi connectivity index (χ1n) is 8.92. The van der Waals surface area contributed by atoms with Crippen molar-refractivity contribution in [2.24, 2.45) is 23.2 Å². The van der Waals surface area contributed by atoms with Crippen molar-refractivity contribution in [3.05, 3.63) is 30.1 Å². The third-order valence-corrected chi connectivity index (χ3v) is 6.37. The zero-order valence-corrected chi connectivity index (χ0v) is 13.3. The van der Waals surface area contributed by atoms with Gasteiger partial charge in [0, 0.05) is 5.41 Å². The Bertz CT molecular complexity index is 695. The van der Waals surface area contributed by atoms with Gasteiger partial charge in [-0.2, -0.15) is 0 Å². The van der Waals surface area contributed by atoms with E-state index in [-0.39, 0.29) is 11.3 Å². The Morgan fingerprint density at radius 2 is 1.78 bits per heavy atom. The summed E-state index contributed by atoms with van der Waals surface area (Å²) >= 11 is 0. The van der Waals surface area contributed by atoms with Crippen LogP contribution in [0.25, 0.3) is 11.0 Å². The first-order chi connectivity index (χ1) is 11.2. The fourth-order valence-corrected chi connectivity index (χ4v) is 5.83. The Kier molecular flexibility index (Phi) is 2.85. The second-order valence-electron chi connectivity index (χ2n) is 8.08. The summed E-state index contributed by atoms with van der Waals surface area (Å²) in [5.41, 5.74) is 1.93. The van der Waals surface area contributed by atoms with Crippen LogP contribution in [0.3, 0.4) is 0 Å². The van der Waals surface area contributed by atoms with Gasteiger partial charge in [-0.3, -0.25) is 4.79 Å². The predicted octanol–water partition coefficient (Wildman–Crippen LogP) is 3.40. The third-order valence-electron chi connectivity index (χ3n) is 6.37. The average molecular weight is 309 g/mol. The molecule has 0 radical (unpaired) electrons. The van der Waals surface area contributed by atoms with Crippen molar-refractivity contribution in [2.45, 2.75) is 45.1 Å². The number of benzene rings is 1. The smallest absolute Gasteiger partial charge is 0.226 e. The van der Waals surface area contributed by atoms with Crippen LogP contribution in [0.4, 0.5) is 0 Å². The highest BCUT2D eigenvalue weighted by Gasteiger charge is 2.54. The Balaban J connectivity index is 1.31. The molecule has 4 nitrogen and oxygen atoms in total. The number of nitrogens with one attached hydrogen (secondary N) is 2. The SMILES string of the molecule is O=C(NCc1nc2ccccc2[nH]1)C12CC3CC(CC(C3)C1)C2. The summed E-state index contributed by atoms with van der Waals surface area (Å²) in [6.45, 7) is 0.509. The van der Waals surface area contributed by atoms with Crippen molar-refractivity contribution < 1.29 is 4.79 Å². The van der Waals surface area contributed by atoms with E-state index in [9.17, 15) is 4.79 Å². The molecule has 23 heavy (non-hydrogen) atoms. The van der Waals surface area contributed by atoms with Crippen LogP contribution in [0.5, 0.6) is 0 Å². The minimum Gasteiger partial charge on any atom is -0.348 e. The summed E-state index contributed by atoms with van der Waals surface area (Å²) in [5.74, 6) is 3.54. The molecule has 4 aliphatic rings. The number of hydrogen-bond donors (Lipinski definition) is 2. The van der Waals surface area contributed by atoms with Crippen LogP contribution in [-0.4, -0.2) is 15.9 Å². The van der Waals surface area contributed by atoms with Gasteiger partial charge in [0.25, 0.3) is 0 Å². The minimum absolute atomic E-state index is 0.0687. The number of para-hydroxylation sites is 2. The summed E-state index contributed by atoms with van der Waals surface area (Å²) in [4.78, 5) is 20.8. The van der Waals surface area contributed by atoms with Crippen LogP contribution < -0.4 is 5.32 Å². The fourth-order valence-electron chi connectivity index (χ4n) is 5.83. The minimum atomic E-state index is -0.0687. The number of aromatic nitrogens is 2. The zero-order valence-electron chi connectivity index (χ0n) is 13.3. The summed E-state index contributed by atoms with van der Waals surface area (Å²) in [7, 11) is 0. The van der Waals surface area contributed by atoms with E-state index in [2.05, 4.69) is 15.3 Å². The van der Waals surface area contributed by atoms with Crippen LogP contribution >= 0.6 is 0 Å². The maximum atomic E-state index is 12.9. The van der Waals surface area contributed by atoms with Gasteiger partial charge >= 0.3 is 0 Å². The van der Waals surface area contributed by atoms with Gasteiger partial charge in [0.2, 0.25) is 5.91 Å². The van der Waals surface area contributed by atoms with Crippen LogP contribution in [0.2, 0.25) is 0 Å². The van der Waals surface area contributed by atoms with E-state index in [0.717, 1.165) is 53.9 Å². The molecule has 0 unspecified atom stereocenters. The number of carbonyl (C=O) groups is 1. The second kappa shape index (κ2) is 4.83. The first-order valence-corrected chi connectivity index (χ1v) is 8.92. The molecule has 0 saturated heterocycles. The summed E-state index contributed by atoms with van der Waals surface area (Å²) in [5, 5.41) is 3.18. The molecule has 1 aromatic carbocycles. The molecule has 120 valence electrons. The van der Waals surface area contributed by atoms with Gasteiger partial charge in [0.05, 0.1) is 17.6 Å². The van der Waals surface area contributed by atoms with E-state index in [1.807, 2.05) is 24.3 Å². The number of imidazole rings is 1. The Morgan fingerprint density at radius 3 is 2.43 bits per heavy atom. The number of rotatable bonds is 3. The Hall–Kier alpha value is -1.84. The van der Waals surface area contributed by atoms with Gasteiger partial charge in [-0.15, -0.1) is 0 Å². The van der Waals surface area contributed by atoms with Crippen molar-refractivity contribution in [2.75, 3.05) is 0 Å². The number of fused-ring (bicyclic) bond motifs is 1. The number of aromatic amines is 1. The highest BCUT2D eigenvalue weighted by molar-refractivity contribution is 5.83. The van der Waals surface area contributed by atoms with Crippen LogP contribution in [0.1, 0.15) is 44.3 Å². The Labute approximate surface area is 136 Å². The summed E-state index contributed by atoms with van der Waals surface area (Å²) < 4.78 is 0. The quantitative estimate of drug-likeness (QED) is 0.913. The lowest BCUT2D eigenvalue weighted by Gasteiger charge is -2.55. The molecule has 1 aromatic heterocycles. The molecule has 6 rings (SSSR count). The van der Waals surface area contributed by atoms with E-state index >= 15 is 0 Å². The maximum Gasteiger partial charge on any atom is 0.226 e. The molecule has 1 heterocycles. The van der Waals surface area contributed by atoms with Gasteiger partial charge in [-0.1, -0.05) is 12.1 Å². The topological polar surface area (TPSA) is 57.8 Å². The third kappa shape index (κ3) is 2.19. The molecule has 4 fully saturated rings. The zero-order chi connectivity index (χ0) is 15.4. The van der Waals surface area contributed by atoms with E-state index in [1.165, 1.54) is 19.3 Å². The average Bonchev–Trinajstić information content (AvgIpc) is 2.94. The van der Waals surface area contributed by atoms with E-state index < -0.39 is 0 Å². The molecule has 0 aliphatic heterocycles. The monoisotopic (exact) mass is 309 g/mol. The first kappa shape index (κ1) is 13.6. The van der Waals surface area contributed by atoms with Gasteiger partial charge in [0.15, 0.2) is 0 Å². The van der Waals surface area contributed by atoms with Crippen LogP contribution in [0.15, 0.2) is 24.3 Å². The highest BCUT2D eigenvalue weighted by atomic mass is 16.2. The standard InChI is InChI=1S/C19H23N3O/c23-18(19-8-12-5-13(9-19)7-14(6-12)10-19)20-11-17-21-15-3-1-2-4-16(15)22-17/h1-4,12-14H,5-11H2,(H,20,23)(H,21,22). The molecule has 0 atom stereocenters. The van der Waals surface area contributed by atoms with E-state index in [1.54, 1.807) is 0 Å². The van der Waals surface area contributed by atoms with Crippen LogP contribution in [-0.2, 0) is 11.3 Å². The van der Waals surface area contributed by atoms with Crippen molar-refractivity contribution in [3.63, 3.8) is 0 Å². The second-order valence-corrected chi connectivity index (χ2v) is 8.08. The molecule has 1 amide bonds. The van der Waals surface area contributed by atoms with Crippen molar-refractivity contribution in [3.8, 4) is 0 Å². The molecule has 4 heteroatoms. The maximum absolute atomic E-state index is 12.9. The predicted molar refractivity (Wildman–Crippen MR) is 88.5 cm³/mol. The van der Waals surface area contributed by atoms with Crippen LogP contribution in [0, 0.1) is 23.2 Å². The summed E-state index contributed by atoms with van der Waals surface area (Å²) in [6.07, 6.45) is 7.46. The molecule has 2 aromatic rings. The summed E-state index contributed by atoms with van der Waals surface area (Å²) in [6, 6.07) is 8.00. The van der Waals surface area contributed by atoms with Gasteiger partial charge in [0.1, 0.15) is 5.82 Å². The molecular formula is C19H23N3O. The van der Waals surface area contributed by atoms with E-state index in [4.69, 9.17) is 0 Å². The number of amides is 1. The van der Waals surface area contributed by atoms with Gasteiger partial charge in [-0.05, 0) is 68.4 Å². The normalized spacial score (nSPS) is 34.9. The number of hydrogen-bond acceptors (Lipinski definition) is 2.